The standard InChI is InChI=1S/C9H15N6O2/c1-12(2)5-8(6-13(3)4)14-7-10-9(11-14)15(16)17/h5-7H,1-4H3/q+1. The van der Waals surface area contributed by atoms with Gasteiger partial charge in [0.15, 0.2) is 11.9 Å². The van der Waals surface area contributed by atoms with Crippen molar-refractivity contribution in [3.05, 3.63) is 22.6 Å². The van der Waals surface area contributed by atoms with Gasteiger partial charge in [-0.2, -0.15) is 0 Å². The van der Waals surface area contributed by atoms with E-state index in [9.17, 15) is 10.1 Å². The van der Waals surface area contributed by atoms with Crippen LogP contribution in [0.1, 0.15) is 0 Å². The maximum absolute atomic E-state index is 10.5. The van der Waals surface area contributed by atoms with Gasteiger partial charge in [0.05, 0.1) is 0 Å². The SMILES string of the molecule is CN(C)/C=C(/C=[N+](C)C)n1cnc([N+](=O)[O-])n1. The fourth-order valence-electron chi connectivity index (χ4n) is 1.14. The Morgan fingerprint density at radius 2 is 2.18 bits per heavy atom. The number of allylic oxidation sites excluding steroid dienone is 1. The summed E-state index contributed by atoms with van der Waals surface area (Å²) in [6.45, 7) is 0. The molecule has 0 saturated heterocycles. The summed E-state index contributed by atoms with van der Waals surface area (Å²) in [5.74, 6) is -0.415. The van der Waals surface area contributed by atoms with Gasteiger partial charge in [-0.15, -0.1) is 4.68 Å². The van der Waals surface area contributed by atoms with E-state index in [0.717, 1.165) is 0 Å². The second kappa shape index (κ2) is 5.19. The van der Waals surface area contributed by atoms with Crippen molar-refractivity contribution in [1.29, 1.82) is 0 Å². The molecule has 92 valence electrons. The lowest BCUT2D eigenvalue weighted by Gasteiger charge is -2.05. The average Bonchev–Trinajstić information content (AvgIpc) is 2.63. The molecule has 0 aliphatic rings. The summed E-state index contributed by atoms with van der Waals surface area (Å²) in [7, 11) is 7.42. The molecule has 1 rings (SSSR count). The third kappa shape index (κ3) is 3.67. The Morgan fingerprint density at radius 1 is 1.53 bits per heavy atom. The van der Waals surface area contributed by atoms with Gasteiger partial charge in [-0.3, -0.25) is 0 Å². The number of aromatic nitrogens is 3. The van der Waals surface area contributed by atoms with Crippen LogP contribution in [0.25, 0.3) is 5.70 Å². The fourth-order valence-corrected chi connectivity index (χ4v) is 1.14. The number of rotatable bonds is 4. The van der Waals surface area contributed by atoms with Gasteiger partial charge in [-0.25, -0.2) is 4.58 Å². The second-order valence-electron chi connectivity index (χ2n) is 3.86. The molecule has 17 heavy (non-hydrogen) atoms. The quantitative estimate of drug-likeness (QED) is 0.317. The molecule has 0 aromatic carbocycles. The van der Waals surface area contributed by atoms with Gasteiger partial charge in [-0.05, 0) is 4.92 Å². The maximum Gasteiger partial charge on any atom is 0.491 e. The summed E-state index contributed by atoms with van der Waals surface area (Å²) in [5.41, 5.74) is 0.681. The lowest BCUT2D eigenvalue weighted by molar-refractivity contribution is -0.458. The molecule has 1 aromatic rings. The number of nitro groups is 1. The molecule has 0 amide bonds. The first-order chi connectivity index (χ1) is 7.90. The summed E-state index contributed by atoms with van der Waals surface area (Å²) in [5, 5.41) is 14.3. The smallest absolute Gasteiger partial charge is 0.390 e. The van der Waals surface area contributed by atoms with Crippen LogP contribution in [0.15, 0.2) is 12.5 Å². The Balaban J connectivity index is 3.14. The average molecular weight is 239 g/mol. The minimum atomic E-state index is -0.626. The summed E-state index contributed by atoms with van der Waals surface area (Å²) in [6, 6.07) is 0. The van der Waals surface area contributed by atoms with E-state index < -0.39 is 10.9 Å². The zero-order valence-electron chi connectivity index (χ0n) is 10.2. The molecule has 0 atom stereocenters. The molecule has 1 aromatic heterocycles. The largest absolute Gasteiger partial charge is 0.491 e. The van der Waals surface area contributed by atoms with E-state index in [1.165, 1.54) is 11.0 Å². The van der Waals surface area contributed by atoms with E-state index in [-0.39, 0.29) is 0 Å². The van der Waals surface area contributed by atoms with Crippen molar-refractivity contribution in [1.82, 2.24) is 19.7 Å². The maximum atomic E-state index is 10.5. The second-order valence-corrected chi connectivity index (χ2v) is 3.86. The van der Waals surface area contributed by atoms with Crippen LogP contribution < -0.4 is 0 Å². The van der Waals surface area contributed by atoms with Gasteiger partial charge in [0, 0.05) is 25.4 Å². The van der Waals surface area contributed by atoms with Crippen LogP contribution in [0.5, 0.6) is 0 Å². The van der Waals surface area contributed by atoms with Crippen molar-refractivity contribution in [2.45, 2.75) is 0 Å². The first-order valence-corrected chi connectivity index (χ1v) is 4.86. The van der Waals surface area contributed by atoms with Crippen LogP contribution in [0.2, 0.25) is 0 Å². The molecule has 0 bridgehead atoms. The molecule has 0 unspecified atom stereocenters. The fraction of sp³-hybridized carbons (Fsp3) is 0.444. The molecular formula is C9H15N6O2+. The van der Waals surface area contributed by atoms with Crippen molar-refractivity contribution in [2.24, 2.45) is 0 Å². The van der Waals surface area contributed by atoms with Crippen molar-refractivity contribution >= 4 is 17.9 Å². The van der Waals surface area contributed by atoms with Gasteiger partial charge in [0.25, 0.3) is 0 Å². The lowest BCUT2D eigenvalue weighted by atomic mass is 10.5. The molecule has 0 saturated carbocycles. The minimum absolute atomic E-state index is 0.415. The molecule has 0 fully saturated rings. The van der Waals surface area contributed by atoms with Gasteiger partial charge < -0.3 is 15.0 Å². The number of hydrogen-bond donors (Lipinski definition) is 0. The highest BCUT2D eigenvalue weighted by Crippen LogP contribution is 2.05. The topological polar surface area (TPSA) is 80.1 Å². The lowest BCUT2D eigenvalue weighted by Crippen LogP contribution is -2.12. The van der Waals surface area contributed by atoms with Crippen molar-refractivity contribution in [2.75, 3.05) is 28.2 Å². The molecular weight excluding hydrogens is 224 g/mol. The molecule has 1 heterocycles. The van der Waals surface area contributed by atoms with E-state index >= 15 is 0 Å². The highest BCUT2D eigenvalue weighted by Gasteiger charge is 2.16. The highest BCUT2D eigenvalue weighted by molar-refractivity contribution is 5.98. The van der Waals surface area contributed by atoms with Crippen LogP contribution in [-0.2, 0) is 0 Å². The molecule has 0 aliphatic heterocycles. The van der Waals surface area contributed by atoms with Crippen molar-refractivity contribution in [3.8, 4) is 0 Å². The monoisotopic (exact) mass is 239 g/mol. The van der Waals surface area contributed by atoms with Crippen LogP contribution in [0.3, 0.4) is 0 Å². The molecule has 0 radical (unpaired) electrons. The van der Waals surface area contributed by atoms with Gasteiger partial charge >= 0.3 is 5.95 Å². The highest BCUT2D eigenvalue weighted by atomic mass is 16.6. The Labute approximate surface area is 98.6 Å². The predicted octanol–water partition coefficient (Wildman–Crippen LogP) is -0.111. The van der Waals surface area contributed by atoms with E-state index in [1.54, 1.807) is 12.4 Å². The van der Waals surface area contributed by atoms with Crippen LogP contribution >= 0.6 is 0 Å². The predicted molar refractivity (Wildman–Crippen MR) is 62.8 cm³/mol. The van der Waals surface area contributed by atoms with Crippen LogP contribution in [0, 0.1) is 10.1 Å². The summed E-state index contributed by atoms with van der Waals surface area (Å²) in [4.78, 5) is 15.3. The van der Waals surface area contributed by atoms with Gasteiger partial charge in [0.1, 0.15) is 14.1 Å². The van der Waals surface area contributed by atoms with E-state index in [2.05, 4.69) is 10.1 Å². The number of hydrogen-bond acceptors (Lipinski definition) is 5. The van der Waals surface area contributed by atoms with Crippen LogP contribution in [0.4, 0.5) is 5.95 Å². The Kier molecular flexibility index (Phi) is 3.91. The van der Waals surface area contributed by atoms with Crippen molar-refractivity contribution < 1.29 is 9.50 Å². The first-order valence-electron chi connectivity index (χ1n) is 4.86. The first kappa shape index (κ1) is 12.8. The minimum Gasteiger partial charge on any atom is -0.390 e. The normalized spacial score (nSPS) is 11.2. The zero-order valence-corrected chi connectivity index (χ0v) is 10.2. The summed E-state index contributed by atoms with van der Waals surface area (Å²) < 4.78 is 3.18. The van der Waals surface area contributed by atoms with E-state index in [4.69, 9.17) is 0 Å². The van der Waals surface area contributed by atoms with Gasteiger partial charge in [-0.1, -0.05) is 4.98 Å². The zero-order chi connectivity index (χ0) is 13.0. The molecule has 0 N–H and O–H groups in total. The number of nitrogens with zero attached hydrogens (tertiary/aromatic N) is 6. The van der Waals surface area contributed by atoms with Crippen molar-refractivity contribution in [3.63, 3.8) is 0 Å². The molecule has 8 nitrogen and oxygen atoms in total. The third-order valence-electron chi connectivity index (χ3n) is 1.69. The summed E-state index contributed by atoms with van der Waals surface area (Å²) >= 11 is 0. The van der Waals surface area contributed by atoms with E-state index in [0.29, 0.717) is 5.70 Å². The Bertz CT molecular complexity index is 470. The third-order valence-corrected chi connectivity index (χ3v) is 1.69. The van der Waals surface area contributed by atoms with Gasteiger partial charge in [0.2, 0.25) is 6.33 Å². The molecule has 0 spiro atoms. The molecule has 0 aliphatic carbocycles. The Hall–Kier alpha value is -2.25. The van der Waals surface area contributed by atoms with Crippen LogP contribution in [-0.4, -0.2) is 63.6 Å². The Morgan fingerprint density at radius 3 is 2.59 bits per heavy atom. The van der Waals surface area contributed by atoms with E-state index in [1.807, 2.05) is 37.7 Å². The summed E-state index contributed by atoms with van der Waals surface area (Å²) in [6.07, 6.45) is 4.89. The molecule has 8 heteroatoms.